The van der Waals surface area contributed by atoms with E-state index in [1.807, 2.05) is 18.2 Å². The second-order valence-corrected chi connectivity index (χ2v) is 4.97. The summed E-state index contributed by atoms with van der Waals surface area (Å²) in [6.45, 7) is 1.72. The van der Waals surface area contributed by atoms with E-state index in [0.29, 0.717) is 5.84 Å². The Morgan fingerprint density at radius 1 is 1.19 bits per heavy atom. The highest BCUT2D eigenvalue weighted by Gasteiger charge is 2.23. The van der Waals surface area contributed by atoms with Crippen LogP contribution in [0.3, 0.4) is 0 Å². The first kappa shape index (κ1) is 9.60. The molecular formula is C13H12N2S. The number of hydrogen-bond acceptors (Lipinski definition) is 2. The molecule has 3 rings (SSSR count). The third-order valence-corrected chi connectivity index (χ3v) is 3.74. The van der Waals surface area contributed by atoms with Crippen molar-refractivity contribution in [3.05, 3.63) is 57.8 Å². The predicted molar refractivity (Wildman–Crippen MR) is 66.8 cm³/mol. The van der Waals surface area contributed by atoms with Crippen LogP contribution in [0.4, 0.5) is 0 Å². The largest absolute Gasteiger partial charge is 0.347 e. The Bertz CT molecular complexity index is 514. The predicted octanol–water partition coefficient (Wildman–Crippen LogP) is 3.09. The Labute approximate surface area is 98.7 Å². The molecule has 1 N–H and O–H groups in total. The normalized spacial score (nSPS) is 14.2. The van der Waals surface area contributed by atoms with E-state index in [4.69, 9.17) is 5.41 Å². The van der Waals surface area contributed by atoms with E-state index < -0.39 is 0 Å². The minimum Gasteiger partial charge on any atom is -0.347 e. The van der Waals surface area contributed by atoms with Gasteiger partial charge < -0.3 is 4.90 Å². The summed E-state index contributed by atoms with van der Waals surface area (Å²) in [7, 11) is 0. The number of thiophene rings is 1. The minimum atomic E-state index is 0.656. The van der Waals surface area contributed by atoms with Crippen molar-refractivity contribution in [1.29, 1.82) is 5.41 Å². The van der Waals surface area contributed by atoms with Crippen LogP contribution in [0.25, 0.3) is 0 Å². The number of benzene rings is 1. The number of amidine groups is 1. The average molecular weight is 228 g/mol. The molecular weight excluding hydrogens is 216 g/mol. The molecule has 0 amide bonds. The van der Waals surface area contributed by atoms with E-state index in [0.717, 1.165) is 18.7 Å². The molecule has 0 fully saturated rings. The summed E-state index contributed by atoms with van der Waals surface area (Å²) in [6, 6.07) is 12.4. The second-order valence-electron chi connectivity index (χ2n) is 3.94. The molecule has 0 atom stereocenters. The zero-order valence-corrected chi connectivity index (χ0v) is 9.63. The molecule has 80 valence electrons. The first-order valence-electron chi connectivity index (χ1n) is 5.29. The van der Waals surface area contributed by atoms with E-state index in [1.165, 1.54) is 10.4 Å². The summed E-state index contributed by atoms with van der Waals surface area (Å²) in [5.41, 5.74) is 2.35. The third-order valence-electron chi connectivity index (χ3n) is 2.88. The van der Waals surface area contributed by atoms with Gasteiger partial charge in [0.05, 0.1) is 6.54 Å². The molecule has 16 heavy (non-hydrogen) atoms. The standard InChI is InChI=1S/C13H12N2S/c14-13-12-6-2-1-4-10(12)8-15(13)9-11-5-3-7-16-11/h1-7,14H,8-9H2. The molecule has 0 radical (unpaired) electrons. The summed E-state index contributed by atoms with van der Waals surface area (Å²) in [5.74, 6) is 0.656. The molecule has 0 unspecified atom stereocenters. The van der Waals surface area contributed by atoms with Gasteiger partial charge in [-0.25, -0.2) is 0 Å². The molecule has 3 heteroatoms. The Balaban J connectivity index is 1.85. The highest BCUT2D eigenvalue weighted by molar-refractivity contribution is 7.09. The zero-order chi connectivity index (χ0) is 11.0. The van der Waals surface area contributed by atoms with Gasteiger partial charge in [0.25, 0.3) is 0 Å². The molecule has 2 aromatic rings. The van der Waals surface area contributed by atoms with Crippen LogP contribution in [-0.4, -0.2) is 10.7 Å². The second kappa shape index (κ2) is 3.76. The van der Waals surface area contributed by atoms with Crippen LogP contribution in [0.5, 0.6) is 0 Å². The summed E-state index contributed by atoms with van der Waals surface area (Å²) in [6.07, 6.45) is 0. The van der Waals surface area contributed by atoms with Crippen LogP contribution < -0.4 is 0 Å². The van der Waals surface area contributed by atoms with Crippen molar-refractivity contribution in [3.63, 3.8) is 0 Å². The molecule has 1 aromatic carbocycles. The number of nitrogens with one attached hydrogen (secondary N) is 1. The highest BCUT2D eigenvalue weighted by Crippen LogP contribution is 2.24. The van der Waals surface area contributed by atoms with Gasteiger partial charge in [-0.2, -0.15) is 0 Å². The van der Waals surface area contributed by atoms with Crippen LogP contribution in [-0.2, 0) is 13.1 Å². The van der Waals surface area contributed by atoms with Gasteiger partial charge in [-0.1, -0.05) is 30.3 Å². The fourth-order valence-corrected chi connectivity index (χ4v) is 2.79. The number of hydrogen-bond donors (Lipinski definition) is 1. The van der Waals surface area contributed by atoms with Gasteiger partial charge in [0.15, 0.2) is 0 Å². The van der Waals surface area contributed by atoms with Crippen molar-refractivity contribution in [2.75, 3.05) is 0 Å². The number of nitrogens with zero attached hydrogens (tertiary/aromatic N) is 1. The summed E-state index contributed by atoms with van der Waals surface area (Å²) in [4.78, 5) is 3.44. The van der Waals surface area contributed by atoms with E-state index in [2.05, 4.69) is 28.5 Å². The minimum absolute atomic E-state index is 0.656. The topological polar surface area (TPSA) is 27.1 Å². The summed E-state index contributed by atoms with van der Waals surface area (Å²) < 4.78 is 0. The van der Waals surface area contributed by atoms with E-state index >= 15 is 0 Å². The SMILES string of the molecule is N=C1c2ccccc2CN1Cc1cccs1. The first-order valence-corrected chi connectivity index (χ1v) is 6.17. The molecule has 0 bridgehead atoms. The zero-order valence-electron chi connectivity index (χ0n) is 8.81. The maximum Gasteiger partial charge on any atom is 0.129 e. The van der Waals surface area contributed by atoms with Gasteiger partial charge in [0, 0.05) is 17.0 Å². The van der Waals surface area contributed by atoms with Crippen molar-refractivity contribution < 1.29 is 0 Å². The lowest BCUT2D eigenvalue weighted by molar-refractivity contribution is 0.426. The van der Waals surface area contributed by atoms with Gasteiger partial charge >= 0.3 is 0 Å². The smallest absolute Gasteiger partial charge is 0.129 e. The van der Waals surface area contributed by atoms with E-state index in [9.17, 15) is 0 Å². The van der Waals surface area contributed by atoms with Crippen LogP contribution in [0.1, 0.15) is 16.0 Å². The van der Waals surface area contributed by atoms with Gasteiger partial charge in [-0.05, 0) is 17.0 Å². The first-order chi connectivity index (χ1) is 7.84. The molecule has 2 nitrogen and oxygen atoms in total. The molecule has 0 aliphatic carbocycles. The Morgan fingerprint density at radius 2 is 2.06 bits per heavy atom. The molecule has 0 saturated carbocycles. The molecule has 1 aliphatic heterocycles. The van der Waals surface area contributed by atoms with Crippen molar-refractivity contribution in [3.8, 4) is 0 Å². The van der Waals surface area contributed by atoms with Gasteiger partial charge in [0.2, 0.25) is 0 Å². The lowest BCUT2D eigenvalue weighted by Crippen LogP contribution is -2.22. The Morgan fingerprint density at radius 3 is 2.81 bits per heavy atom. The van der Waals surface area contributed by atoms with E-state index in [1.54, 1.807) is 11.3 Å². The lowest BCUT2D eigenvalue weighted by Gasteiger charge is -2.16. The third kappa shape index (κ3) is 1.53. The quantitative estimate of drug-likeness (QED) is 0.840. The average Bonchev–Trinajstić information content (AvgIpc) is 2.90. The maximum absolute atomic E-state index is 8.12. The van der Waals surface area contributed by atoms with Gasteiger partial charge in [-0.3, -0.25) is 5.41 Å². The fraction of sp³-hybridized carbons (Fsp3) is 0.154. The highest BCUT2D eigenvalue weighted by atomic mass is 32.1. The van der Waals surface area contributed by atoms with Crippen molar-refractivity contribution in [1.82, 2.24) is 4.90 Å². The van der Waals surface area contributed by atoms with Gasteiger partial charge in [0.1, 0.15) is 5.84 Å². The van der Waals surface area contributed by atoms with Crippen LogP contribution in [0, 0.1) is 5.41 Å². The Kier molecular flexibility index (Phi) is 2.26. The fourth-order valence-electron chi connectivity index (χ4n) is 2.07. The van der Waals surface area contributed by atoms with Crippen molar-refractivity contribution in [2.45, 2.75) is 13.1 Å². The molecule has 1 aromatic heterocycles. The molecule has 1 aliphatic rings. The van der Waals surface area contributed by atoms with Crippen molar-refractivity contribution in [2.24, 2.45) is 0 Å². The van der Waals surface area contributed by atoms with Gasteiger partial charge in [-0.15, -0.1) is 11.3 Å². The number of fused-ring (bicyclic) bond motifs is 1. The van der Waals surface area contributed by atoms with Crippen LogP contribution in [0.2, 0.25) is 0 Å². The van der Waals surface area contributed by atoms with Crippen molar-refractivity contribution >= 4 is 17.2 Å². The monoisotopic (exact) mass is 228 g/mol. The lowest BCUT2D eigenvalue weighted by atomic mass is 10.1. The molecule has 2 heterocycles. The summed E-state index contributed by atoms with van der Waals surface area (Å²) >= 11 is 1.75. The van der Waals surface area contributed by atoms with Crippen LogP contribution in [0.15, 0.2) is 41.8 Å². The Hall–Kier alpha value is -1.61. The van der Waals surface area contributed by atoms with E-state index in [-0.39, 0.29) is 0 Å². The summed E-state index contributed by atoms with van der Waals surface area (Å²) in [5, 5.41) is 10.2. The van der Waals surface area contributed by atoms with Crippen LogP contribution >= 0.6 is 11.3 Å². The maximum atomic E-state index is 8.12. The molecule has 0 saturated heterocycles. The number of rotatable bonds is 2. The molecule has 0 spiro atoms.